The number of carbonyl (C=O) groups excluding carboxylic acids is 1. The molecular weight excluding hydrogens is 360 g/mol. The molecule has 2 aromatic rings. The van der Waals surface area contributed by atoms with E-state index in [4.69, 9.17) is 4.74 Å². The summed E-state index contributed by atoms with van der Waals surface area (Å²) in [5.74, 6) is 0.573. The Labute approximate surface area is 163 Å². The summed E-state index contributed by atoms with van der Waals surface area (Å²) in [6, 6.07) is 10.6. The molecule has 0 radical (unpaired) electrons. The Kier molecular flexibility index (Phi) is 5.67. The first-order valence-corrected chi connectivity index (χ1v) is 9.10. The minimum atomic E-state index is -0.401. The Hall–Kier alpha value is -3.29. The lowest BCUT2D eigenvalue weighted by Crippen LogP contribution is -2.48. The third-order valence-corrected chi connectivity index (χ3v) is 5.02. The smallest absolute Gasteiger partial charge is 0.292 e. The number of nitrogens with zero attached hydrogens (tertiary/aromatic N) is 3. The fourth-order valence-electron chi connectivity index (χ4n) is 3.51. The van der Waals surface area contributed by atoms with Gasteiger partial charge in [-0.3, -0.25) is 14.9 Å². The Bertz CT molecular complexity index is 892. The molecule has 0 bridgehead atoms. The van der Waals surface area contributed by atoms with Crippen LogP contribution in [0.25, 0.3) is 0 Å². The zero-order valence-electron chi connectivity index (χ0n) is 16.3. The van der Waals surface area contributed by atoms with Gasteiger partial charge in [-0.15, -0.1) is 0 Å². The van der Waals surface area contributed by atoms with E-state index in [0.29, 0.717) is 43.2 Å². The largest absolute Gasteiger partial charge is 0.496 e. The summed E-state index contributed by atoms with van der Waals surface area (Å²) >= 11 is 0. The van der Waals surface area contributed by atoms with Crippen LogP contribution in [-0.2, 0) is 0 Å². The van der Waals surface area contributed by atoms with Crippen molar-refractivity contribution in [1.29, 1.82) is 0 Å². The van der Waals surface area contributed by atoms with Gasteiger partial charge < -0.3 is 19.9 Å². The third-order valence-electron chi connectivity index (χ3n) is 5.02. The number of aryl methyl sites for hydroxylation is 1. The van der Waals surface area contributed by atoms with Crippen LogP contribution in [0.15, 0.2) is 36.4 Å². The maximum atomic E-state index is 12.9. The SMILES string of the molecule is CNc1cc(N2CCN(C(=O)c3cccc(C)c3OC)CC2)ccc1[N+](=O)[O-]. The number of nitrogens with one attached hydrogen (secondary N) is 1. The van der Waals surface area contributed by atoms with E-state index in [9.17, 15) is 14.9 Å². The van der Waals surface area contributed by atoms with Gasteiger partial charge >= 0.3 is 0 Å². The van der Waals surface area contributed by atoms with Gasteiger partial charge in [-0.2, -0.15) is 0 Å². The van der Waals surface area contributed by atoms with E-state index in [1.807, 2.05) is 24.0 Å². The number of amides is 1. The van der Waals surface area contributed by atoms with Crippen LogP contribution in [0, 0.1) is 17.0 Å². The van der Waals surface area contributed by atoms with Crippen LogP contribution in [0.1, 0.15) is 15.9 Å². The summed E-state index contributed by atoms with van der Waals surface area (Å²) in [6.45, 7) is 4.37. The highest BCUT2D eigenvalue weighted by molar-refractivity contribution is 5.97. The summed E-state index contributed by atoms with van der Waals surface area (Å²) in [5, 5.41) is 14.0. The molecule has 1 aliphatic rings. The third kappa shape index (κ3) is 3.71. The number of nitro groups is 1. The van der Waals surface area contributed by atoms with Crippen molar-refractivity contribution < 1.29 is 14.5 Å². The molecule has 8 heteroatoms. The average Bonchev–Trinajstić information content (AvgIpc) is 2.72. The summed E-state index contributed by atoms with van der Waals surface area (Å²) in [6.07, 6.45) is 0. The number of benzene rings is 2. The number of para-hydroxylation sites is 1. The molecule has 0 atom stereocenters. The molecule has 0 spiro atoms. The predicted molar refractivity (Wildman–Crippen MR) is 108 cm³/mol. The first-order valence-electron chi connectivity index (χ1n) is 9.10. The molecule has 1 aliphatic heterocycles. The van der Waals surface area contributed by atoms with Gasteiger partial charge in [-0.05, 0) is 30.7 Å². The zero-order valence-corrected chi connectivity index (χ0v) is 16.3. The molecule has 0 saturated carbocycles. The lowest BCUT2D eigenvalue weighted by atomic mass is 10.1. The maximum Gasteiger partial charge on any atom is 0.292 e. The number of anilines is 2. The minimum Gasteiger partial charge on any atom is -0.496 e. The summed E-state index contributed by atoms with van der Waals surface area (Å²) < 4.78 is 5.41. The molecular formula is C20H24N4O4. The van der Waals surface area contributed by atoms with Gasteiger partial charge in [-0.1, -0.05) is 12.1 Å². The van der Waals surface area contributed by atoms with E-state index in [2.05, 4.69) is 10.2 Å². The van der Waals surface area contributed by atoms with Crippen molar-refractivity contribution in [3.05, 3.63) is 57.6 Å². The number of methoxy groups -OCH3 is 1. The second-order valence-electron chi connectivity index (χ2n) is 6.64. The number of piperazine rings is 1. The molecule has 2 aromatic carbocycles. The number of hydrogen-bond acceptors (Lipinski definition) is 6. The van der Waals surface area contributed by atoms with Gasteiger partial charge in [0.25, 0.3) is 11.6 Å². The zero-order chi connectivity index (χ0) is 20.3. The van der Waals surface area contributed by atoms with Crippen LogP contribution >= 0.6 is 0 Å². The molecule has 0 unspecified atom stereocenters. The van der Waals surface area contributed by atoms with Gasteiger partial charge in [0.05, 0.1) is 17.6 Å². The van der Waals surface area contributed by atoms with Crippen molar-refractivity contribution >= 4 is 23.0 Å². The Balaban J connectivity index is 1.72. The fourth-order valence-corrected chi connectivity index (χ4v) is 3.51. The van der Waals surface area contributed by atoms with Crippen LogP contribution < -0.4 is 15.0 Å². The lowest BCUT2D eigenvalue weighted by molar-refractivity contribution is -0.383. The average molecular weight is 384 g/mol. The first-order chi connectivity index (χ1) is 13.5. The Morgan fingerprint density at radius 2 is 1.89 bits per heavy atom. The molecule has 1 N–H and O–H groups in total. The van der Waals surface area contributed by atoms with E-state index in [0.717, 1.165) is 11.3 Å². The Morgan fingerprint density at radius 1 is 1.18 bits per heavy atom. The quantitative estimate of drug-likeness (QED) is 0.630. The van der Waals surface area contributed by atoms with Gasteiger partial charge in [0.2, 0.25) is 0 Å². The van der Waals surface area contributed by atoms with E-state index in [-0.39, 0.29) is 11.6 Å². The van der Waals surface area contributed by atoms with Gasteiger partial charge in [0.15, 0.2) is 0 Å². The van der Waals surface area contributed by atoms with E-state index >= 15 is 0 Å². The van der Waals surface area contributed by atoms with Crippen LogP contribution in [-0.4, -0.2) is 56.1 Å². The maximum absolute atomic E-state index is 12.9. The molecule has 1 saturated heterocycles. The highest BCUT2D eigenvalue weighted by Crippen LogP contribution is 2.30. The van der Waals surface area contributed by atoms with Crippen molar-refractivity contribution in [3.8, 4) is 5.75 Å². The molecule has 28 heavy (non-hydrogen) atoms. The number of carbonyl (C=O) groups is 1. The standard InChI is InChI=1S/C20H24N4O4/c1-14-5-4-6-16(19(14)28-3)20(25)23-11-9-22(10-12-23)15-7-8-18(24(26)27)17(13-15)21-2/h4-8,13,21H,9-12H2,1-3H3. The highest BCUT2D eigenvalue weighted by Gasteiger charge is 2.25. The minimum absolute atomic E-state index is 0.0418. The Morgan fingerprint density at radius 3 is 2.50 bits per heavy atom. The van der Waals surface area contributed by atoms with Crippen molar-refractivity contribution in [2.24, 2.45) is 0 Å². The molecule has 148 valence electrons. The second kappa shape index (κ2) is 8.16. The molecule has 8 nitrogen and oxygen atoms in total. The number of rotatable bonds is 5. The van der Waals surface area contributed by atoms with Gasteiger partial charge in [0.1, 0.15) is 11.4 Å². The van der Waals surface area contributed by atoms with Gasteiger partial charge in [-0.25, -0.2) is 0 Å². The van der Waals surface area contributed by atoms with Crippen molar-refractivity contribution in [1.82, 2.24) is 4.90 Å². The normalized spacial score (nSPS) is 14.0. The van der Waals surface area contributed by atoms with Crippen molar-refractivity contribution in [2.75, 3.05) is 50.6 Å². The first kappa shape index (κ1) is 19.5. The van der Waals surface area contributed by atoms with E-state index < -0.39 is 4.92 Å². The molecule has 1 fully saturated rings. The molecule has 3 rings (SSSR count). The monoisotopic (exact) mass is 384 g/mol. The fraction of sp³-hybridized carbons (Fsp3) is 0.350. The van der Waals surface area contributed by atoms with Crippen molar-refractivity contribution in [3.63, 3.8) is 0 Å². The summed E-state index contributed by atoms with van der Waals surface area (Å²) in [5.41, 5.74) is 2.92. The molecule has 0 aliphatic carbocycles. The molecule has 1 heterocycles. The number of nitro benzene ring substituents is 1. The lowest BCUT2D eigenvalue weighted by Gasteiger charge is -2.36. The van der Waals surface area contributed by atoms with Gasteiger partial charge in [0, 0.05) is 45.0 Å². The highest BCUT2D eigenvalue weighted by atomic mass is 16.6. The van der Waals surface area contributed by atoms with Crippen LogP contribution in [0.3, 0.4) is 0 Å². The van der Waals surface area contributed by atoms with E-state index in [1.165, 1.54) is 6.07 Å². The summed E-state index contributed by atoms with van der Waals surface area (Å²) in [4.78, 5) is 27.6. The number of hydrogen-bond donors (Lipinski definition) is 1. The van der Waals surface area contributed by atoms with Crippen molar-refractivity contribution in [2.45, 2.75) is 6.92 Å². The van der Waals surface area contributed by atoms with Crippen LogP contribution in [0.5, 0.6) is 5.75 Å². The number of ether oxygens (including phenoxy) is 1. The topological polar surface area (TPSA) is 88.0 Å². The van der Waals surface area contributed by atoms with E-state index in [1.54, 1.807) is 32.4 Å². The predicted octanol–water partition coefficient (Wildman–Crippen LogP) is 2.92. The van der Waals surface area contributed by atoms with Crippen LogP contribution in [0.2, 0.25) is 0 Å². The summed E-state index contributed by atoms with van der Waals surface area (Å²) in [7, 11) is 3.24. The second-order valence-corrected chi connectivity index (χ2v) is 6.64. The van der Waals surface area contributed by atoms with Crippen LogP contribution in [0.4, 0.5) is 17.1 Å². The molecule has 0 aromatic heterocycles. The molecule has 1 amide bonds.